The maximum absolute atomic E-state index is 13.3. The molecule has 0 saturated carbocycles. The molecule has 1 aromatic rings. The smallest absolute Gasteiger partial charge is 0.410 e. The van der Waals surface area contributed by atoms with Crippen molar-refractivity contribution in [3.05, 3.63) is 23.3 Å². The maximum atomic E-state index is 13.3. The fourth-order valence-electron chi connectivity index (χ4n) is 6.50. The number of rotatable bonds is 5. The van der Waals surface area contributed by atoms with Crippen molar-refractivity contribution in [2.75, 3.05) is 52.4 Å². The van der Waals surface area contributed by atoms with E-state index >= 15 is 0 Å². The summed E-state index contributed by atoms with van der Waals surface area (Å²) >= 11 is 0. The Morgan fingerprint density at radius 1 is 1.00 bits per heavy atom. The van der Waals surface area contributed by atoms with Gasteiger partial charge in [-0.2, -0.15) is 0 Å². The number of hydrogen-bond donors (Lipinski definition) is 0. The summed E-state index contributed by atoms with van der Waals surface area (Å²) in [5, 5.41) is 4.63. The minimum atomic E-state index is -0.498. The fourth-order valence-corrected chi connectivity index (χ4v) is 6.50. The largest absolute Gasteiger partial charge is 0.444 e. The van der Waals surface area contributed by atoms with Crippen molar-refractivity contribution in [1.29, 1.82) is 0 Å². The van der Waals surface area contributed by atoms with E-state index < -0.39 is 5.60 Å². The van der Waals surface area contributed by atoms with Crippen LogP contribution in [0.4, 0.5) is 4.79 Å². The lowest BCUT2D eigenvalue weighted by Gasteiger charge is -2.52. The van der Waals surface area contributed by atoms with Crippen molar-refractivity contribution in [1.82, 2.24) is 29.6 Å². The molecular weight excluding hydrogens is 534 g/mol. The number of aryl methyl sites for hydroxylation is 2. The molecular formula is C31H51N7O4. The molecule has 3 fully saturated rings. The second-order valence-corrected chi connectivity index (χ2v) is 13.3. The topological polar surface area (TPSA) is 104 Å². The average Bonchev–Trinajstić information content (AvgIpc) is 2.93. The molecule has 0 radical (unpaired) electrons. The van der Waals surface area contributed by atoms with E-state index in [4.69, 9.17) is 9.57 Å². The summed E-state index contributed by atoms with van der Waals surface area (Å²) in [6.07, 6.45) is 4.82. The Balaban J connectivity index is 1.35. The molecule has 3 aliphatic heterocycles. The van der Waals surface area contributed by atoms with Gasteiger partial charge in [0.1, 0.15) is 24.4 Å². The van der Waals surface area contributed by atoms with Crippen LogP contribution in [0.3, 0.4) is 0 Å². The van der Waals surface area contributed by atoms with Crippen LogP contribution in [0.5, 0.6) is 0 Å². The number of oxime groups is 1. The number of amides is 2. The van der Waals surface area contributed by atoms with Gasteiger partial charge in [0.05, 0.1) is 17.0 Å². The average molecular weight is 586 g/mol. The summed E-state index contributed by atoms with van der Waals surface area (Å²) in [6.45, 7) is 22.0. The summed E-state index contributed by atoms with van der Waals surface area (Å²) < 4.78 is 5.59. The molecule has 0 aliphatic carbocycles. The number of aromatic nitrogens is 2. The summed E-state index contributed by atoms with van der Waals surface area (Å²) in [7, 11) is 0. The first-order chi connectivity index (χ1) is 19.8. The molecule has 0 unspecified atom stereocenters. The molecule has 1 atom stereocenters. The summed E-state index contributed by atoms with van der Waals surface area (Å²) in [5.74, 6) is 1.29. The van der Waals surface area contributed by atoms with E-state index in [0.717, 1.165) is 75.6 Å². The Hall–Kier alpha value is -2.95. The third-order valence-electron chi connectivity index (χ3n) is 9.05. The van der Waals surface area contributed by atoms with Crippen LogP contribution in [-0.4, -0.2) is 117 Å². The molecule has 0 bridgehead atoms. The number of ether oxygens (including phenoxy) is 1. The van der Waals surface area contributed by atoms with Crippen LogP contribution in [0.1, 0.15) is 89.0 Å². The molecule has 0 spiro atoms. The van der Waals surface area contributed by atoms with Gasteiger partial charge >= 0.3 is 6.09 Å². The zero-order valence-electron chi connectivity index (χ0n) is 27.0. The number of nitrogens with zero attached hydrogens (tertiary/aromatic N) is 7. The van der Waals surface area contributed by atoms with Gasteiger partial charge in [-0.25, -0.2) is 14.8 Å². The Bertz CT molecular complexity index is 1110. The van der Waals surface area contributed by atoms with Gasteiger partial charge in [0.15, 0.2) is 0 Å². The Morgan fingerprint density at radius 2 is 1.62 bits per heavy atom. The molecule has 4 heterocycles. The highest BCUT2D eigenvalue weighted by Gasteiger charge is 2.42. The number of hydrogen-bond acceptors (Lipinski definition) is 8. The van der Waals surface area contributed by atoms with Crippen molar-refractivity contribution in [3.8, 4) is 0 Å². The highest BCUT2D eigenvalue weighted by Crippen LogP contribution is 2.33. The van der Waals surface area contributed by atoms with Gasteiger partial charge in [-0.15, -0.1) is 0 Å². The van der Waals surface area contributed by atoms with E-state index in [2.05, 4.69) is 38.8 Å². The number of carbonyl (C=O) groups is 2. The second kappa shape index (κ2) is 13.1. The summed E-state index contributed by atoms with van der Waals surface area (Å²) in [4.78, 5) is 48.9. The van der Waals surface area contributed by atoms with Crippen LogP contribution in [0, 0.1) is 19.8 Å². The van der Waals surface area contributed by atoms with E-state index in [1.807, 2.05) is 51.3 Å². The SMILES string of the molecule is CCO/N=C(\C1CCN(C(=O)OC(C)(C)C)CC1)N1CCN(C2(C)CCN(C(=O)c3c(C)ncnc3C)CC2)C[C@@H]1C. The molecule has 234 valence electrons. The van der Waals surface area contributed by atoms with E-state index in [0.29, 0.717) is 25.3 Å². The Kier molecular flexibility index (Phi) is 10.0. The van der Waals surface area contributed by atoms with E-state index in [-0.39, 0.29) is 29.5 Å². The van der Waals surface area contributed by atoms with E-state index in [1.165, 1.54) is 6.33 Å². The van der Waals surface area contributed by atoms with Crippen molar-refractivity contribution in [3.63, 3.8) is 0 Å². The Morgan fingerprint density at radius 3 is 2.17 bits per heavy atom. The van der Waals surface area contributed by atoms with Gasteiger partial charge in [-0.05, 0) is 81.1 Å². The summed E-state index contributed by atoms with van der Waals surface area (Å²) in [6, 6.07) is 0.269. The zero-order chi connectivity index (χ0) is 30.7. The highest BCUT2D eigenvalue weighted by molar-refractivity contribution is 5.96. The molecule has 0 N–H and O–H groups in total. The van der Waals surface area contributed by atoms with Crippen molar-refractivity contribution >= 4 is 17.8 Å². The minimum Gasteiger partial charge on any atom is -0.444 e. The lowest BCUT2D eigenvalue weighted by atomic mass is 9.86. The summed E-state index contributed by atoms with van der Waals surface area (Å²) in [5.41, 5.74) is 1.66. The monoisotopic (exact) mass is 585 g/mol. The maximum Gasteiger partial charge on any atom is 0.410 e. The van der Waals surface area contributed by atoms with Gasteiger partial charge in [-0.1, -0.05) is 5.16 Å². The van der Waals surface area contributed by atoms with E-state index in [9.17, 15) is 9.59 Å². The molecule has 11 heteroatoms. The molecule has 2 amide bonds. The molecule has 0 aromatic carbocycles. The van der Waals surface area contributed by atoms with Gasteiger partial charge in [0.25, 0.3) is 5.91 Å². The number of amidine groups is 1. The van der Waals surface area contributed by atoms with Crippen molar-refractivity contribution in [2.24, 2.45) is 11.1 Å². The van der Waals surface area contributed by atoms with Crippen LogP contribution in [0.25, 0.3) is 0 Å². The fraction of sp³-hybridized carbons (Fsp3) is 0.774. The van der Waals surface area contributed by atoms with Crippen LogP contribution < -0.4 is 0 Å². The quantitative estimate of drug-likeness (QED) is 0.289. The van der Waals surface area contributed by atoms with Crippen LogP contribution >= 0.6 is 0 Å². The van der Waals surface area contributed by atoms with Gasteiger partial charge in [0, 0.05) is 63.3 Å². The van der Waals surface area contributed by atoms with Gasteiger partial charge in [0.2, 0.25) is 0 Å². The number of carbonyl (C=O) groups excluding carboxylic acids is 2. The molecule has 42 heavy (non-hydrogen) atoms. The predicted octanol–water partition coefficient (Wildman–Crippen LogP) is 4.09. The molecule has 11 nitrogen and oxygen atoms in total. The first kappa shape index (κ1) is 32.0. The standard InChI is InChI=1S/C31H51N7O4/c1-9-41-34-27(25-10-14-36(15-11-25)29(40)42-30(5,6)7)38-19-18-37(20-22(38)2)31(8)12-16-35(17-13-31)28(39)26-23(3)32-21-33-24(26)4/h21-22,25H,9-20H2,1-8H3/b34-27+/t22-/m0/s1. The lowest BCUT2D eigenvalue weighted by molar-refractivity contribution is -0.00395. The Labute approximate surface area is 251 Å². The van der Waals surface area contributed by atoms with Gasteiger partial charge < -0.3 is 24.3 Å². The highest BCUT2D eigenvalue weighted by atomic mass is 16.6. The van der Waals surface area contributed by atoms with Gasteiger partial charge in [-0.3, -0.25) is 9.69 Å². The predicted molar refractivity (Wildman–Crippen MR) is 162 cm³/mol. The van der Waals surface area contributed by atoms with Crippen LogP contribution in [-0.2, 0) is 9.57 Å². The number of piperidine rings is 2. The third-order valence-corrected chi connectivity index (χ3v) is 9.05. The van der Waals surface area contributed by atoms with E-state index in [1.54, 1.807) is 0 Å². The molecule has 3 saturated heterocycles. The lowest BCUT2D eigenvalue weighted by Crippen LogP contribution is -2.63. The molecule has 4 rings (SSSR count). The minimum absolute atomic E-state index is 0.0321. The normalized spacial score (nSPS) is 22.7. The van der Waals surface area contributed by atoms with Crippen LogP contribution in [0.2, 0.25) is 0 Å². The van der Waals surface area contributed by atoms with Crippen LogP contribution in [0.15, 0.2) is 11.5 Å². The second-order valence-electron chi connectivity index (χ2n) is 13.3. The number of piperazine rings is 1. The van der Waals surface area contributed by atoms with Crippen molar-refractivity contribution in [2.45, 2.75) is 98.3 Å². The zero-order valence-corrected chi connectivity index (χ0v) is 27.0. The van der Waals surface area contributed by atoms with Crippen molar-refractivity contribution < 1.29 is 19.2 Å². The first-order valence-electron chi connectivity index (χ1n) is 15.6. The third kappa shape index (κ3) is 7.33. The molecule has 3 aliphatic rings. The molecule has 1 aromatic heterocycles. The number of likely N-dealkylation sites (tertiary alicyclic amines) is 2. The first-order valence-corrected chi connectivity index (χ1v) is 15.6.